The highest BCUT2D eigenvalue weighted by Crippen LogP contribution is 2.33. The zero-order chi connectivity index (χ0) is 20.0. The number of nitrogens with one attached hydrogen (secondary N) is 1. The summed E-state index contributed by atoms with van der Waals surface area (Å²) < 4.78 is 24.8. The molecular formula is C19H13ClFN5O3. The van der Waals surface area contributed by atoms with Gasteiger partial charge in [0.05, 0.1) is 12.0 Å². The third-order valence-electron chi connectivity index (χ3n) is 4.71. The van der Waals surface area contributed by atoms with Crippen LogP contribution < -0.4 is 4.90 Å². The minimum atomic E-state index is -0.553. The van der Waals surface area contributed by atoms with Crippen LogP contribution >= 0.6 is 11.6 Å². The summed E-state index contributed by atoms with van der Waals surface area (Å²) in [6.45, 7) is 0.247. The predicted octanol–water partition coefficient (Wildman–Crippen LogP) is 4.03. The van der Waals surface area contributed by atoms with Crippen molar-refractivity contribution in [2.45, 2.75) is 12.3 Å². The lowest BCUT2D eigenvalue weighted by molar-refractivity contribution is -0.117. The van der Waals surface area contributed by atoms with E-state index in [0.29, 0.717) is 23.0 Å². The summed E-state index contributed by atoms with van der Waals surface area (Å²) in [5, 5.41) is 11.2. The van der Waals surface area contributed by atoms with Crippen LogP contribution in [0.5, 0.6) is 0 Å². The molecule has 1 N–H and O–H groups in total. The Kier molecular flexibility index (Phi) is 4.17. The van der Waals surface area contributed by atoms with Crippen LogP contribution in [0.3, 0.4) is 0 Å². The maximum absolute atomic E-state index is 14.2. The molecule has 1 fully saturated rings. The molecule has 5 rings (SSSR count). The number of aromatic nitrogens is 4. The van der Waals surface area contributed by atoms with Gasteiger partial charge in [-0.1, -0.05) is 16.8 Å². The van der Waals surface area contributed by atoms with Gasteiger partial charge in [0.1, 0.15) is 17.2 Å². The summed E-state index contributed by atoms with van der Waals surface area (Å²) >= 11 is 5.79. The minimum absolute atomic E-state index is 0.154. The van der Waals surface area contributed by atoms with Gasteiger partial charge in [0.2, 0.25) is 5.91 Å². The number of halogens is 2. The number of benzene rings is 1. The van der Waals surface area contributed by atoms with Crippen LogP contribution in [0.25, 0.3) is 23.0 Å². The number of hydrogen-bond acceptors (Lipinski definition) is 6. The fourth-order valence-corrected chi connectivity index (χ4v) is 3.46. The van der Waals surface area contributed by atoms with Crippen molar-refractivity contribution in [1.82, 2.24) is 20.3 Å². The standard InChI is InChI=1S/C19H13ClFN5O3/c20-11-3-4-15(12(21)7-11)26-9-10(6-17(26)27)18-22-19(29-25-18)14-8-13(23-24-14)16-2-1-5-28-16/h1-5,7-8,10H,6,9H2,(H,23,24). The second-order valence-electron chi connectivity index (χ2n) is 6.60. The summed E-state index contributed by atoms with van der Waals surface area (Å²) in [5.74, 6) is 0.137. The molecule has 1 aliphatic rings. The Balaban J connectivity index is 1.36. The second kappa shape index (κ2) is 6.85. The van der Waals surface area contributed by atoms with Crippen molar-refractivity contribution in [2.75, 3.05) is 11.4 Å². The van der Waals surface area contributed by atoms with Gasteiger partial charge in [-0.3, -0.25) is 9.89 Å². The van der Waals surface area contributed by atoms with Crippen molar-refractivity contribution in [3.8, 4) is 23.0 Å². The topological polar surface area (TPSA) is 101 Å². The summed E-state index contributed by atoms with van der Waals surface area (Å²) in [6, 6.07) is 9.49. The molecule has 4 heterocycles. The first-order valence-corrected chi connectivity index (χ1v) is 9.15. The SMILES string of the molecule is O=C1CC(c2noc(-c3cc(-c4ccco4)n[nH]3)n2)CN1c1ccc(Cl)cc1F. The number of rotatable bonds is 4. The van der Waals surface area contributed by atoms with E-state index >= 15 is 0 Å². The Labute approximate surface area is 168 Å². The maximum Gasteiger partial charge on any atom is 0.275 e. The van der Waals surface area contributed by atoms with E-state index in [-0.39, 0.29) is 41.4 Å². The van der Waals surface area contributed by atoms with E-state index in [1.165, 1.54) is 17.0 Å². The third-order valence-corrected chi connectivity index (χ3v) is 4.95. The average Bonchev–Trinajstić information content (AvgIpc) is 3.47. The van der Waals surface area contributed by atoms with E-state index in [1.807, 2.05) is 0 Å². The van der Waals surface area contributed by atoms with E-state index in [4.69, 9.17) is 20.5 Å². The maximum atomic E-state index is 14.2. The lowest BCUT2D eigenvalue weighted by Crippen LogP contribution is -2.25. The Bertz CT molecular complexity index is 1190. The highest BCUT2D eigenvalue weighted by Gasteiger charge is 2.36. The van der Waals surface area contributed by atoms with Gasteiger partial charge in [-0.25, -0.2) is 4.39 Å². The number of nitrogens with zero attached hydrogens (tertiary/aromatic N) is 4. The first-order chi connectivity index (χ1) is 14.1. The zero-order valence-electron chi connectivity index (χ0n) is 14.8. The number of amides is 1. The van der Waals surface area contributed by atoms with Gasteiger partial charge in [0, 0.05) is 30.0 Å². The average molecular weight is 414 g/mol. The first-order valence-electron chi connectivity index (χ1n) is 8.77. The normalized spacial score (nSPS) is 16.7. The molecule has 0 radical (unpaired) electrons. The van der Waals surface area contributed by atoms with Crippen LogP contribution in [0.1, 0.15) is 18.2 Å². The lowest BCUT2D eigenvalue weighted by atomic mass is 10.1. The molecule has 8 nitrogen and oxygen atoms in total. The molecule has 0 aliphatic carbocycles. The summed E-state index contributed by atoms with van der Waals surface area (Å²) in [5.41, 5.74) is 1.31. The lowest BCUT2D eigenvalue weighted by Gasteiger charge is -2.17. The van der Waals surface area contributed by atoms with Gasteiger partial charge in [-0.05, 0) is 30.3 Å². The van der Waals surface area contributed by atoms with Crippen LogP contribution in [-0.4, -0.2) is 32.8 Å². The first kappa shape index (κ1) is 17.6. The van der Waals surface area contributed by atoms with Gasteiger partial charge in [-0.2, -0.15) is 10.1 Å². The van der Waals surface area contributed by atoms with Gasteiger partial charge >= 0.3 is 0 Å². The number of carbonyl (C=O) groups excluding carboxylic acids is 1. The van der Waals surface area contributed by atoms with E-state index < -0.39 is 5.82 Å². The number of furan rings is 1. The number of carbonyl (C=O) groups is 1. The van der Waals surface area contributed by atoms with Crippen LogP contribution in [0, 0.1) is 5.82 Å². The number of anilines is 1. The van der Waals surface area contributed by atoms with Crippen molar-refractivity contribution < 1.29 is 18.1 Å². The van der Waals surface area contributed by atoms with Gasteiger partial charge in [0.25, 0.3) is 5.89 Å². The van der Waals surface area contributed by atoms with E-state index in [2.05, 4.69) is 20.3 Å². The Hall–Kier alpha value is -3.46. The van der Waals surface area contributed by atoms with Crippen LogP contribution in [-0.2, 0) is 4.79 Å². The number of aromatic amines is 1. The van der Waals surface area contributed by atoms with Crippen LogP contribution in [0.2, 0.25) is 5.02 Å². The van der Waals surface area contributed by atoms with Gasteiger partial charge < -0.3 is 13.8 Å². The molecule has 3 aromatic heterocycles. The predicted molar refractivity (Wildman–Crippen MR) is 101 cm³/mol. The monoisotopic (exact) mass is 413 g/mol. The molecule has 0 bridgehead atoms. The molecule has 1 saturated heterocycles. The molecule has 0 spiro atoms. The molecule has 4 aromatic rings. The molecule has 29 heavy (non-hydrogen) atoms. The van der Waals surface area contributed by atoms with Crippen molar-refractivity contribution in [3.05, 3.63) is 59.3 Å². The van der Waals surface area contributed by atoms with Gasteiger partial charge in [-0.15, -0.1) is 0 Å². The largest absolute Gasteiger partial charge is 0.463 e. The van der Waals surface area contributed by atoms with Crippen LogP contribution in [0.4, 0.5) is 10.1 Å². The molecule has 1 amide bonds. The fraction of sp³-hybridized carbons (Fsp3) is 0.158. The fourth-order valence-electron chi connectivity index (χ4n) is 3.31. The zero-order valence-corrected chi connectivity index (χ0v) is 15.6. The van der Waals surface area contributed by atoms with Gasteiger partial charge in [0.15, 0.2) is 11.6 Å². The molecule has 1 atom stereocenters. The molecule has 0 saturated carbocycles. The summed E-state index contributed by atoms with van der Waals surface area (Å²) in [4.78, 5) is 18.2. The van der Waals surface area contributed by atoms with Crippen molar-refractivity contribution in [2.24, 2.45) is 0 Å². The summed E-state index contributed by atoms with van der Waals surface area (Å²) in [7, 11) is 0. The molecule has 10 heteroatoms. The smallest absolute Gasteiger partial charge is 0.275 e. The second-order valence-corrected chi connectivity index (χ2v) is 7.04. The van der Waals surface area contributed by atoms with E-state index in [0.717, 1.165) is 0 Å². The Morgan fingerprint density at radius 2 is 2.17 bits per heavy atom. The molecule has 1 aromatic carbocycles. The molecule has 1 aliphatic heterocycles. The highest BCUT2D eigenvalue weighted by molar-refractivity contribution is 6.30. The number of H-pyrrole nitrogens is 1. The summed E-state index contributed by atoms with van der Waals surface area (Å²) in [6.07, 6.45) is 1.71. The van der Waals surface area contributed by atoms with E-state index in [9.17, 15) is 9.18 Å². The molecule has 1 unspecified atom stereocenters. The minimum Gasteiger partial charge on any atom is -0.463 e. The quantitative estimate of drug-likeness (QED) is 0.542. The molecular weight excluding hydrogens is 401 g/mol. The van der Waals surface area contributed by atoms with Crippen molar-refractivity contribution >= 4 is 23.2 Å². The highest BCUT2D eigenvalue weighted by atomic mass is 35.5. The third kappa shape index (κ3) is 3.19. The van der Waals surface area contributed by atoms with Crippen molar-refractivity contribution in [1.29, 1.82) is 0 Å². The van der Waals surface area contributed by atoms with E-state index in [1.54, 1.807) is 30.5 Å². The number of hydrogen-bond donors (Lipinski definition) is 1. The Morgan fingerprint density at radius 1 is 1.28 bits per heavy atom. The molecule has 146 valence electrons. The van der Waals surface area contributed by atoms with Crippen molar-refractivity contribution in [3.63, 3.8) is 0 Å². The Morgan fingerprint density at radius 3 is 2.97 bits per heavy atom. The van der Waals surface area contributed by atoms with Crippen LogP contribution in [0.15, 0.2) is 51.6 Å².